The number of carbonyl (C=O) groups is 2. The molecule has 3 nitrogen and oxygen atoms in total. The molecule has 2 rings (SSSR count). The number of ketones is 1. The first kappa shape index (κ1) is 10.7. The molecule has 0 aliphatic carbocycles. The second-order valence-electron chi connectivity index (χ2n) is 3.42. The summed E-state index contributed by atoms with van der Waals surface area (Å²) in [7, 11) is 0. The van der Waals surface area contributed by atoms with Gasteiger partial charge in [0.05, 0.1) is 18.7 Å². The van der Waals surface area contributed by atoms with Crippen molar-refractivity contribution in [1.29, 1.82) is 0 Å². The van der Waals surface area contributed by atoms with E-state index in [0.717, 1.165) is 4.90 Å². The van der Waals surface area contributed by atoms with Crippen LogP contribution in [0.3, 0.4) is 0 Å². The molecule has 0 aromatic heterocycles. The van der Waals surface area contributed by atoms with Gasteiger partial charge in [-0.25, -0.2) is 13.2 Å². The molecule has 1 heterocycles. The molecule has 0 spiro atoms. The molecule has 0 unspecified atom stereocenters. The monoisotopic (exact) mass is 229 g/mol. The van der Waals surface area contributed by atoms with Gasteiger partial charge in [-0.2, -0.15) is 0 Å². The van der Waals surface area contributed by atoms with E-state index in [0.29, 0.717) is 12.1 Å². The third kappa shape index (κ3) is 1.66. The van der Waals surface area contributed by atoms with Gasteiger partial charge in [0.2, 0.25) is 5.91 Å². The van der Waals surface area contributed by atoms with Crippen LogP contribution in [-0.4, -0.2) is 18.2 Å². The Bertz CT molecular complexity index is 487. The average molecular weight is 229 g/mol. The van der Waals surface area contributed by atoms with Crippen LogP contribution in [0.25, 0.3) is 0 Å². The van der Waals surface area contributed by atoms with Crippen molar-refractivity contribution in [3.8, 4) is 0 Å². The van der Waals surface area contributed by atoms with Gasteiger partial charge in [0.1, 0.15) is 5.82 Å². The van der Waals surface area contributed by atoms with Gasteiger partial charge < -0.3 is 4.90 Å². The van der Waals surface area contributed by atoms with Crippen molar-refractivity contribution in [3.63, 3.8) is 0 Å². The fourth-order valence-corrected chi connectivity index (χ4v) is 1.54. The minimum absolute atomic E-state index is 0.349. The Kier molecular flexibility index (Phi) is 2.41. The molecular formula is C10H6F3NO2. The van der Waals surface area contributed by atoms with Gasteiger partial charge in [0.15, 0.2) is 17.4 Å². The predicted octanol–water partition coefficient (Wildman–Crippen LogP) is 1.41. The van der Waals surface area contributed by atoms with Gasteiger partial charge in [0, 0.05) is 12.1 Å². The predicted molar refractivity (Wildman–Crippen MR) is 48.3 cm³/mol. The van der Waals surface area contributed by atoms with Gasteiger partial charge in [-0.05, 0) is 0 Å². The van der Waals surface area contributed by atoms with Crippen LogP contribution in [0.15, 0.2) is 12.1 Å². The normalized spacial score (nSPS) is 16.1. The van der Waals surface area contributed by atoms with Crippen molar-refractivity contribution < 1.29 is 22.8 Å². The summed E-state index contributed by atoms with van der Waals surface area (Å²) in [6.07, 6.45) is -0.364. The van der Waals surface area contributed by atoms with E-state index in [1.807, 2.05) is 0 Å². The van der Waals surface area contributed by atoms with Gasteiger partial charge in [-0.3, -0.25) is 9.59 Å². The van der Waals surface area contributed by atoms with Crippen LogP contribution in [0.5, 0.6) is 0 Å². The number of nitrogens with zero attached hydrogens (tertiary/aromatic N) is 1. The molecule has 0 radical (unpaired) electrons. The highest BCUT2D eigenvalue weighted by Gasteiger charge is 2.31. The molecular weight excluding hydrogens is 223 g/mol. The van der Waals surface area contributed by atoms with Crippen molar-refractivity contribution in [2.75, 3.05) is 11.4 Å². The minimum Gasteiger partial charge on any atom is -0.302 e. The average Bonchev–Trinajstić information content (AvgIpc) is 2.51. The van der Waals surface area contributed by atoms with Crippen LogP contribution in [0.1, 0.15) is 6.42 Å². The Morgan fingerprint density at radius 1 is 1.12 bits per heavy atom. The van der Waals surface area contributed by atoms with Crippen molar-refractivity contribution in [2.24, 2.45) is 0 Å². The Hall–Kier alpha value is -1.85. The molecule has 1 aromatic carbocycles. The number of carbonyl (C=O) groups excluding carboxylic acids is 2. The second-order valence-corrected chi connectivity index (χ2v) is 3.42. The van der Waals surface area contributed by atoms with Crippen LogP contribution in [0.2, 0.25) is 0 Å². The molecule has 0 N–H and O–H groups in total. The second kappa shape index (κ2) is 3.62. The van der Waals surface area contributed by atoms with Gasteiger partial charge in [-0.1, -0.05) is 0 Å². The largest absolute Gasteiger partial charge is 0.302 e. The molecule has 0 bridgehead atoms. The number of rotatable bonds is 1. The molecule has 1 aliphatic rings. The van der Waals surface area contributed by atoms with Gasteiger partial charge in [0.25, 0.3) is 0 Å². The standard InChI is InChI=1S/C10H6F3NO2/c11-5-1-7(12)10(13)8(2-5)14-4-6(15)3-9(14)16/h1-2H,3-4H2. The number of amides is 1. The van der Waals surface area contributed by atoms with Gasteiger partial charge >= 0.3 is 0 Å². The van der Waals surface area contributed by atoms with Crippen molar-refractivity contribution in [3.05, 3.63) is 29.6 Å². The van der Waals surface area contributed by atoms with E-state index < -0.39 is 34.8 Å². The Balaban J connectivity index is 2.48. The lowest BCUT2D eigenvalue weighted by molar-refractivity contribution is -0.121. The van der Waals surface area contributed by atoms with Crippen LogP contribution in [0.4, 0.5) is 18.9 Å². The van der Waals surface area contributed by atoms with Crippen molar-refractivity contribution >= 4 is 17.4 Å². The summed E-state index contributed by atoms with van der Waals surface area (Å²) in [5, 5.41) is 0. The van der Waals surface area contributed by atoms with Crippen LogP contribution in [0, 0.1) is 17.5 Å². The fourth-order valence-electron chi connectivity index (χ4n) is 1.54. The van der Waals surface area contributed by atoms with Crippen molar-refractivity contribution in [2.45, 2.75) is 6.42 Å². The number of benzene rings is 1. The molecule has 0 saturated carbocycles. The van der Waals surface area contributed by atoms with Gasteiger partial charge in [-0.15, -0.1) is 0 Å². The summed E-state index contributed by atoms with van der Waals surface area (Å²) in [5.41, 5.74) is -0.534. The SMILES string of the molecule is O=C1CC(=O)N(c2cc(F)cc(F)c2F)C1. The summed E-state index contributed by atoms with van der Waals surface area (Å²) >= 11 is 0. The maximum Gasteiger partial charge on any atom is 0.235 e. The topological polar surface area (TPSA) is 37.4 Å². The lowest BCUT2D eigenvalue weighted by Crippen LogP contribution is -2.26. The van der Waals surface area contributed by atoms with Crippen LogP contribution in [-0.2, 0) is 9.59 Å². The Morgan fingerprint density at radius 2 is 1.81 bits per heavy atom. The summed E-state index contributed by atoms with van der Waals surface area (Å²) < 4.78 is 39.0. The smallest absolute Gasteiger partial charge is 0.235 e. The Labute approximate surface area is 88.5 Å². The summed E-state index contributed by atoms with van der Waals surface area (Å²) in [4.78, 5) is 22.9. The quantitative estimate of drug-likeness (QED) is 0.539. The Morgan fingerprint density at radius 3 is 2.38 bits per heavy atom. The molecule has 1 saturated heterocycles. The molecule has 0 atom stereocenters. The van der Waals surface area contributed by atoms with E-state index >= 15 is 0 Å². The number of hydrogen-bond acceptors (Lipinski definition) is 2. The molecule has 16 heavy (non-hydrogen) atoms. The van der Waals surface area contributed by atoms with E-state index in [4.69, 9.17) is 0 Å². The van der Waals surface area contributed by atoms with E-state index in [1.165, 1.54) is 0 Å². The highest BCUT2D eigenvalue weighted by molar-refractivity contribution is 6.15. The lowest BCUT2D eigenvalue weighted by atomic mass is 10.2. The summed E-state index contributed by atoms with van der Waals surface area (Å²) in [5.74, 6) is -4.78. The maximum absolute atomic E-state index is 13.3. The van der Waals surface area contributed by atoms with E-state index in [2.05, 4.69) is 0 Å². The van der Waals surface area contributed by atoms with E-state index in [9.17, 15) is 22.8 Å². The highest BCUT2D eigenvalue weighted by Crippen LogP contribution is 2.26. The van der Waals surface area contributed by atoms with E-state index in [-0.39, 0.29) is 13.0 Å². The first-order valence-electron chi connectivity index (χ1n) is 4.45. The van der Waals surface area contributed by atoms with Crippen LogP contribution >= 0.6 is 0 Å². The number of halogens is 3. The molecule has 1 amide bonds. The lowest BCUT2D eigenvalue weighted by Gasteiger charge is -2.15. The number of hydrogen-bond donors (Lipinski definition) is 0. The van der Waals surface area contributed by atoms with Crippen molar-refractivity contribution in [1.82, 2.24) is 0 Å². The highest BCUT2D eigenvalue weighted by atomic mass is 19.2. The zero-order valence-corrected chi connectivity index (χ0v) is 7.97. The summed E-state index contributed by atoms with van der Waals surface area (Å²) in [6, 6.07) is 1.07. The van der Waals surface area contributed by atoms with Crippen LogP contribution < -0.4 is 4.90 Å². The zero-order valence-electron chi connectivity index (χ0n) is 7.97. The number of Topliss-reactive ketones (excluding diaryl/α,β-unsaturated/α-hetero) is 1. The first-order valence-corrected chi connectivity index (χ1v) is 4.45. The fraction of sp³-hybridized carbons (Fsp3) is 0.200. The third-order valence-electron chi connectivity index (χ3n) is 2.25. The zero-order chi connectivity index (χ0) is 11.9. The molecule has 84 valence electrons. The molecule has 6 heteroatoms. The number of anilines is 1. The molecule has 1 aromatic rings. The first-order chi connectivity index (χ1) is 7.49. The third-order valence-corrected chi connectivity index (χ3v) is 2.25. The van der Waals surface area contributed by atoms with E-state index in [1.54, 1.807) is 0 Å². The summed E-state index contributed by atoms with van der Waals surface area (Å²) in [6.45, 7) is -0.349. The maximum atomic E-state index is 13.3. The molecule has 1 fully saturated rings. The molecule has 1 aliphatic heterocycles. The minimum atomic E-state index is -1.39.